The average Bonchev–Trinajstić information content (AvgIpc) is 2.73. The molecule has 0 bridgehead atoms. The van der Waals surface area contributed by atoms with E-state index in [1.807, 2.05) is 6.92 Å². The number of rotatable bonds is 4. The molecule has 0 aliphatic carbocycles. The lowest BCUT2D eigenvalue weighted by atomic mass is 10.3. The van der Waals surface area contributed by atoms with E-state index in [1.54, 1.807) is 6.07 Å². The van der Waals surface area contributed by atoms with Gasteiger partial charge in [-0.05, 0) is 36.8 Å². The van der Waals surface area contributed by atoms with Gasteiger partial charge in [0, 0.05) is 15.5 Å². The Labute approximate surface area is 117 Å². The summed E-state index contributed by atoms with van der Waals surface area (Å²) in [7, 11) is 0. The number of hydrogen-bond donors (Lipinski definition) is 1. The lowest BCUT2D eigenvalue weighted by Crippen LogP contribution is -1.90. The van der Waals surface area contributed by atoms with E-state index in [9.17, 15) is 13.6 Å². The lowest BCUT2D eigenvalue weighted by Gasteiger charge is -2.02. The largest absolute Gasteiger partial charge is 0.477 e. The molecule has 1 aromatic carbocycles. The SMILES string of the molecule is Cc1sc(C(=O)O)cc1CSc1ccc(F)c(F)c1. The Balaban J connectivity index is 2.09. The smallest absolute Gasteiger partial charge is 0.345 e. The molecule has 0 aliphatic rings. The number of carboxylic acids is 1. The highest BCUT2D eigenvalue weighted by Gasteiger charge is 2.11. The first kappa shape index (κ1) is 14.0. The van der Waals surface area contributed by atoms with Crippen LogP contribution in [0.1, 0.15) is 20.1 Å². The second-order valence-corrected chi connectivity index (χ2v) is 6.17. The van der Waals surface area contributed by atoms with Crippen LogP contribution in [0.25, 0.3) is 0 Å². The molecule has 2 rings (SSSR count). The second kappa shape index (κ2) is 5.71. The molecule has 0 saturated heterocycles. The summed E-state index contributed by atoms with van der Waals surface area (Å²) in [6.07, 6.45) is 0. The maximum absolute atomic E-state index is 13.0. The molecule has 100 valence electrons. The standard InChI is InChI=1S/C13H10F2O2S2/c1-7-8(4-12(19-7)13(16)17)6-18-9-2-3-10(14)11(15)5-9/h2-5H,6H2,1H3,(H,16,17). The van der Waals surface area contributed by atoms with Crippen LogP contribution in [0.15, 0.2) is 29.2 Å². The number of thiophene rings is 1. The van der Waals surface area contributed by atoms with Gasteiger partial charge >= 0.3 is 5.97 Å². The first-order chi connectivity index (χ1) is 8.97. The van der Waals surface area contributed by atoms with E-state index in [1.165, 1.54) is 29.2 Å². The molecule has 0 spiro atoms. The minimum atomic E-state index is -0.947. The number of aryl methyl sites for hydroxylation is 1. The van der Waals surface area contributed by atoms with Gasteiger partial charge in [0.1, 0.15) is 4.88 Å². The molecular formula is C13H10F2O2S2. The number of thioether (sulfide) groups is 1. The Morgan fingerprint density at radius 1 is 1.32 bits per heavy atom. The molecular weight excluding hydrogens is 290 g/mol. The zero-order valence-electron chi connectivity index (χ0n) is 9.94. The number of benzene rings is 1. The van der Waals surface area contributed by atoms with Gasteiger partial charge in [-0.25, -0.2) is 13.6 Å². The van der Waals surface area contributed by atoms with Crippen LogP contribution in [-0.2, 0) is 5.75 Å². The van der Waals surface area contributed by atoms with Crippen LogP contribution in [0.4, 0.5) is 8.78 Å². The van der Waals surface area contributed by atoms with Crippen molar-refractivity contribution in [2.45, 2.75) is 17.6 Å². The van der Waals surface area contributed by atoms with Crippen molar-refractivity contribution >= 4 is 29.1 Å². The summed E-state index contributed by atoms with van der Waals surface area (Å²) in [6.45, 7) is 1.85. The van der Waals surface area contributed by atoms with Gasteiger partial charge in [-0.1, -0.05) is 0 Å². The summed E-state index contributed by atoms with van der Waals surface area (Å²) < 4.78 is 25.8. The third-order valence-corrected chi connectivity index (χ3v) is 4.64. The van der Waals surface area contributed by atoms with E-state index in [0.717, 1.165) is 22.6 Å². The molecule has 0 radical (unpaired) electrons. The zero-order chi connectivity index (χ0) is 14.0. The minimum absolute atomic E-state index is 0.290. The molecule has 0 fully saturated rings. The topological polar surface area (TPSA) is 37.3 Å². The van der Waals surface area contributed by atoms with Gasteiger partial charge in [-0.2, -0.15) is 0 Å². The van der Waals surface area contributed by atoms with Gasteiger partial charge in [0.25, 0.3) is 0 Å². The molecule has 19 heavy (non-hydrogen) atoms. The third-order valence-electron chi connectivity index (χ3n) is 2.52. The zero-order valence-corrected chi connectivity index (χ0v) is 11.6. The Kier molecular flexibility index (Phi) is 4.21. The van der Waals surface area contributed by atoms with Gasteiger partial charge < -0.3 is 5.11 Å². The predicted octanol–water partition coefficient (Wildman–Crippen LogP) is 4.33. The molecule has 0 saturated carbocycles. The summed E-state index contributed by atoms with van der Waals surface area (Å²) >= 11 is 2.56. The second-order valence-electron chi connectivity index (χ2n) is 3.86. The van der Waals surface area contributed by atoms with E-state index in [0.29, 0.717) is 15.5 Å². The quantitative estimate of drug-likeness (QED) is 0.854. The Hall–Kier alpha value is -1.40. The van der Waals surface area contributed by atoms with Crippen LogP contribution in [0.5, 0.6) is 0 Å². The lowest BCUT2D eigenvalue weighted by molar-refractivity contribution is 0.0702. The van der Waals surface area contributed by atoms with Crippen LogP contribution in [0.3, 0.4) is 0 Å². The summed E-state index contributed by atoms with van der Waals surface area (Å²) in [5.74, 6) is -2.17. The maximum atomic E-state index is 13.0. The fourth-order valence-electron chi connectivity index (χ4n) is 1.50. The average molecular weight is 300 g/mol. The molecule has 2 nitrogen and oxygen atoms in total. The van der Waals surface area contributed by atoms with Crippen molar-refractivity contribution in [3.8, 4) is 0 Å². The fourth-order valence-corrected chi connectivity index (χ4v) is 3.44. The normalized spacial score (nSPS) is 10.7. The summed E-state index contributed by atoms with van der Waals surface area (Å²) in [6, 6.07) is 5.35. The fraction of sp³-hybridized carbons (Fsp3) is 0.154. The van der Waals surface area contributed by atoms with Crippen molar-refractivity contribution < 1.29 is 18.7 Å². The molecule has 0 atom stereocenters. The van der Waals surface area contributed by atoms with Gasteiger partial charge in [0.2, 0.25) is 0 Å². The number of aromatic carboxylic acids is 1. The predicted molar refractivity (Wildman–Crippen MR) is 71.9 cm³/mol. The van der Waals surface area contributed by atoms with Crippen LogP contribution in [0.2, 0.25) is 0 Å². The Morgan fingerprint density at radius 2 is 2.05 bits per heavy atom. The number of hydrogen-bond acceptors (Lipinski definition) is 3. The first-order valence-corrected chi connectivity index (χ1v) is 7.18. The van der Waals surface area contributed by atoms with Crippen molar-refractivity contribution in [2.75, 3.05) is 0 Å². The molecule has 1 N–H and O–H groups in total. The van der Waals surface area contributed by atoms with Crippen molar-refractivity contribution in [1.82, 2.24) is 0 Å². The summed E-state index contributed by atoms with van der Waals surface area (Å²) in [4.78, 5) is 12.7. The number of carbonyl (C=O) groups is 1. The maximum Gasteiger partial charge on any atom is 0.345 e. The van der Waals surface area contributed by atoms with Crippen molar-refractivity contribution in [2.24, 2.45) is 0 Å². The highest BCUT2D eigenvalue weighted by molar-refractivity contribution is 7.98. The van der Waals surface area contributed by atoms with Crippen molar-refractivity contribution in [3.63, 3.8) is 0 Å². The molecule has 0 amide bonds. The molecule has 0 unspecified atom stereocenters. The molecule has 1 heterocycles. The monoisotopic (exact) mass is 300 g/mol. The van der Waals surface area contributed by atoms with E-state index >= 15 is 0 Å². The van der Waals surface area contributed by atoms with E-state index in [-0.39, 0.29) is 0 Å². The van der Waals surface area contributed by atoms with Crippen LogP contribution >= 0.6 is 23.1 Å². The number of carboxylic acid groups (broad SMARTS) is 1. The third kappa shape index (κ3) is 3.33. The van der Waals surface area contributed by atoms with E-state index in [4.69, 9.17) is 5.11 Å². The van der Waals surface area contributed by atoms with Gasteiger partial charge in [-0.15, -0.1) is 23.1 Å². The van der Waals surface area contributed by atoms with Gasteiger partial charge in [0.15, 0.2) is 11.6 Å². The van der Waals surface area contributed by atoms with Crippen LogP contribution < -0.4 is 0 Å². The molecule has 6 heteroatoms. The molecule has 1 aromatic heterocycles. The van der Waals surface area contributed by atoms with Crippen molar-refractivity contribution in [1.29, 1.82) is 0 Å². The Morgan fingerprint density at radius 3 is 2.63 bits per heavy atom. The van der Waals surface area contributed by atoms with Gasteiger partial charge in [0.05, 0.1) is 0 Å². The van der Waals surface area contributed by atoms with Crippen LogP contribution in [-0.4, -0.2) is 11.1 Å². The van der Waals surface area contributed by atoms with Gasteiger partial charge in [-0.3, -0.25) is 0 Å². The highest BCUT2D eigenvalue weighted by atomic mass is 32.2. The Bertz CT molecular complexity index is 623. The van der Waals surface area contributed by atoms with Crippen LogP contribution in [0, 0.1) is 18.6 Å². The summed E-state index contributed by atoms with van der Waals surface area (Å²) in [5.41, 5.74) is 0.900. The summed E-state index contributed by atoms with van der Waals surface area (Å²) in [5, 5.41) is 8.89. The van der Waals surface area contributed by atoms with E-state index in [2.05, 4.69) is 0 Å². The minimum Gasteiger partial charge on any atom is -0.477 e. The highest BCUT2D eigenvalue weighted by Crippen LogP contribution is 2.29. The first-order valence-electron chi connectivity index (χ1n) is 5.38. The van der Waals surface area contributed by atoms with Crippen molar-refractivity contribution in [3.05, 3.63) is 51.2 Å². The molecule has 0 aliphatic heterocycles. The molecule has 2 aromatic rings. The van der Waals surface area contributed by atoms with E-state index < -0.39 is 17.6 Å². The number of halogens is 2.